The Morgan fingerprint density at radius 2 is 1.62 bits per heavy atom. The highest BCUT2D eigenvalue weighted by molar-refractivity contribution is 6.05. The minimum absolute atomic E-state index is 0.0556. The van der Waals surface area contributed by atoms with Gasteiger partial charge in [0, 0.05) is 18.7 Å². The number of benzene rings is 2. The molecule has 0 aliphatic carbocycles. The number of carbonyl (C=O) groups excluding carboxylic acids is 1. The Morgan fingerprint density at radius 1 is 1.00 bits per heavy atom. The van der Waals surface area contributed by atoms with Crippen LogP contribution >= 0.6 is 0 Å². The van der Waals surface area contributed by atoms with Crippen LogP contribution in [0.4, 0.5) is 0 Å². The van der Waals surface area contributed by atoms with Gasteiger partial charge in [0.1, 0.15) is 0 Å². The van der Waals surface area contributed by atoms with Gasteiger partial charge in [0.15, 0.2) is 5.78 Å². The maximum Gasteiger partial charge on any atom is 0.168 e. The zero-order chi connectivity index (χ0) is 14.7. The van der Waals surface area contributed by atoms with Gasteiger partial charge < -0.3 is 4.90 Å². The van der Waals surface area contributed by atoms with Gasteiger partial charge in [0.05, 0.1) is 5.92 Å². The summed E-state index contributed by atoms with van der Waals surface area (Å²) in [7, 11) is 2.07. The van der Waals surface area contributed by atoms with Crippen molar-refractivity contribution in [2.24, 2.45) is 0 Å². The van der Waals surface area contributed by atoms with Crippen LogP contribution in [0.5, 0.6) is 0 Å². The molecule has 106 valence electrons. The number of rotatable bonds is 2. The summed E-state index contributed by atoms with van der Waals surface area (Å²) in [4.78, 5) is 15.0. The summed E-state index contributed by atoms with van der Waals surface area (Å²) >= 11 is 0. The van der Waals surface area contributed by atoms with Crippen molar-refractivity contribution in [1.29, 1.82) is 0 Å². The standard InChI is InChI=1S/C19H19NO/c1-20-13-17(12-15-8-4-2-5-9-15)19(21)18(14-20)16-10-6-3-7-11-16/h2-12,18H,13-14H2,1H3/b17-12-/t18-/m1/s1. The highest BCUT2D eigenvalue weighted by Gasteiger charge is 2.30. The third-order valence-electron chi connectivity index (χ3n) is 3.91. The quantitative estimate of drug-likeness (QED) is 0.784. The minimum Gasteiger partial charge on any atom is -0.301 e. The van der Waals surface area contributed by atoms with E-state index in [1.165, 1.54) is 0 Å². The predicted molar refractivity (Wildman–Crippen MR) is 86.1 cm³/mol. The van der Waals surface area contributed by atoms with E-state index in [0.29, 0.717) is 0 Å². The first-order valence-corrected chi connectivity index (χ1v) is 7.27. The van der Waals surface area contributed by atoms with Crippen molar-refractivity contribution in [1.82, 2.24) is 4.90 Å². The van der Waals surface area contributed by atoms with Crippen LogP contribution in [0.3, 0.4) is 0 Å². The van der Waals surface area contributed by atoms with E-state index in [4.69, 9.17) is 0 Å². The number of nitrogens with zero attached hydrogens (tertiary/aromatic N) is 1. The molecular weight excluding hydrogens is 258 g/mol. The summed E-state index contributed by atoms with van der Waals surface area (Å²) < 4.78 is 0. The van der Waals surface area contributed by atoms with Crippen LogP contribution in [0.15, 0.2) is 66.2 Å². The van der Waals surface area contributed by atoms with Crippen LogP contribution in [0.1, 0.15) is 17.0 Å². The topological polar surface area (TPSA) is 20.3 Å². The van der Waals surface area contributed by atoms with Crippen molar-refractivity contribution < 1.29 is 4.79 Å². The zero-order valence-corrected chi connectivity index (χ0v) is 12.2. The number of carbonyl (C=O) groups is 1. The fourth-order valence-corrected chi connectivity index (χ4v) is 2.86. The monoisotopic (exact) mass is 277 g/mol. The Bertz CT molecular complexity index is 646. The van der Waals surface area contributed by atoms with Gasteiger partial charge in [0.25, 0.3) is 0 Å². The molecule has 0 N–H and O–H groups in total. The van der Waals surface area contributed by atoms with E-state index in [-0.39, 0.29) is 11.7 Å². The Hall–Kier alpha value is -2.19. The smallest absolute Gasteiger partial charge is 0.168 e. The average molecular weight is 277 g/mol. The molecule has 0 amide bonds. The molecule has 1 aliphatic heterocycles. The van der Waals surface area contributed by atoms with Crippen LogP contribution in [0, 0.1) is 0 Å². The van der Waals surface area contributed by atoms with Gasteiger partial charge >= 0.3 is 0 Å². The van der Waals surface area contributed by atoms with Gasteiger partial charge in [-0.2, -0.15) is 0 Å². The van der Waals surface area contributed by atoms with Crippen LogP contribution in [0.25, 0.3) is 6.08 Å². The number of hydrogen-bond acceptors (Lipinski definition) is 2. The van der Waals surface area contributed by atoms with Crippen LogP contribution < -0.4 is 0 Å². The largest absolute Gasteiger partial charge is 0.301 e. The van der Waals surface area contributed by atoms with Crippen LogP contribution in [0.2, 0.25) is 0 Å². The molecule has 2 nitrogen and oxygen atoms in total. The van der Waals surface area contributed by atoms with Gasteiger partial charge in [-0.3, -0.25) is 4.79 Å². The first kappa shape index (κ1) is 13.8. The predicted octanol–water partition coefficient (Wildman–Crippen LogP) is 3.37. The number of Topliss-reactive ketones (excluding diaryl/α,β-unsaturated/α-hetero) is 1. The Morgan fingerprint density at radius 3 is 2.29 bits per heavy atom. The summed E-state index contributed by atoms with van der Waals surface area (Å²) in [6.07, 6.45) is 2.02. The molecule has 0 spiro atoms. The van der Waals surface area contributed by atoms with Gasteiger partial charge in [-0.1, -0.05) is 60.7 Å². The van der Waals surface area contributed by atoms with Crippen LogP contribution in [-0.2, 0) is 4.79 Å². The third-order valence-corrected chi connectivity index (χ3v) is 3.91. The van der Waals surface area contributed by atoms with Gasteiger partial charge in [-0.15, -0.1) is 0 Å². The average Bonchev–Trinajstić information content (AvgIpc) is 2.52. The number of likely N-dealkylation sites (N-methyl/N-ethyl adjacent to an activating group) is 1. The van der Waals surface area contributed by atoms with Gasteiger partial charge in [-0.05, 0) is 24.3 Å². The molecule has 21 heavy (non-hydrogen) atoms. The lowest BCUT2D eigenvalue weighted by molar-refractivity contribution is -0.118. The van der Waals surface area contributed by atoms with E-state index < -0.39 is 0 Å². The highest BCUT2D eigenvalue weighted by Crippen LogP contribution is 2.27. The Kier molecular flexibility index (Phi) is 3.98. The highest BCUT2D eigenvalue weighted by atomic mass is 16.1. The van der Waals surface area contributed by atoms with E-state index in [1.54, 1.807) is 0 Å². The molecule has 1 atom stereocenters. The second kappa shape index (κ2) is 6.06. The van der Waals surface area contributed by atoms with Crippen molar-refractivity contribution in [3.05, 3.63) is 77.4 Å². The van der Waals surface area contributed by atoms with Gasteiger partial charge in [-0.25, -0.2) is 0 Å². The summed E-state index contributed by atoms with van der Waals surface area (Å²) in [6, 6.07) is 20.1. The number of likely N-dealkylation sites (tertiary alicyclic amines) is 1. The zero-order valence-electron chi connectivity index (χ0n) is 12.2. The number of hydrogen-bond donors (Lipinski definition) is 0. The lowest BCUT2D eigenvalue weighted by Gasteiger charge is -2.31. The number of ketones is 1. The normalized spacial score (nSPS) is 21.7. The second-order valence-electron chi connectivity index (χ2n) is 5.60. The molecule has 0 saturated carbocycles. The van der Waals surface area contributed by atoms with E-state index in [2.05, 4.69) is 11.9 Å². The Balaban J connectivity index is 1.92. The molecule has 0 radical (unpaired) electrons. The molecule has 0 bridgehead atoms. The third kappa shape index (κ3) is 3.11. The lowest BCUT2D eigenvalue weighted by Crippen LogP contribution is -2.38. The van der Waals surface area contributed by atoms with Crippen molar-refractivity contribution in [3.63, 3.8) is 0 Å². The SMILES string of the molecule is CN1C/C(=C/c2ccccc2)C(=O)[C@@H](c2ccccc2)C1. The molecule has 1 heterocycles. The molecule has 2 aromatic rings. The molecular formula is C19H19NO. The molecule has 1 fully saturated rings. The molecule has 2 aromatic carbocycles. The van der Waals surface area contributed by atoms with E-state index >= 15 is 0 Å². The first-order chi connectivity index (χ1) is 10.2. The molecule has 1 aliphatic rings. The van der Waals surface area contributed by atoms with Gasteiger partial charge in [0.2, 0.25) is 0 Å². The Labute approximate surface area is 125 Å². The van der Waals surface area contributed by atoms with Crippen molar-refractivity contribution in [2.45, 2.75) is 5.92 Å². The van der Waals surface area contributed by atoms with Crippen LogP contribution in [-0.4, -0.2) is 30.8 Å². The minimum atomic E-state index is -0.0556. The molecule has 0 unspecified atom stereocenters. The molecule has 1 saturated heterocycles. The molecule has 2 heteroatoms. The first-order valence-electron chi connectivity index (χ1n) is 7.27. The molecule has 3 rings (SSSR count). The maximum atomic E-state index is 12.8. The summed E-state index contributed by atoms with van der Waals surface area (Å²) in [5.41, 5.74) is 3.08. The summed E-state index contributed by atoms with van der Waals surface area (Å²) in [5, 5.41) is 0. The van der Waals surface area contributed by atoms with E-state index in [0.717, 1.165) is 29.8 Å². The van der Waals surface area contributed by atoms with Crippen molar-refractivity contribution >= 4 is 11.9 Å². The molecule has 0 aromatic heterocycles. The van der Waals surface area contributed by atoms with E-state index in [1.807, 2.05) is 66.7 Å². The van der Waals surface area contributed by atoms with E-state index in [9.17, 15) is 4.79 Å². The lowest BCUT2D eigenvalue weighted by atomic mass is 9.86. The fourth-order valence-electron chi connectivity index (χ4n) is 2.86. The fraction of sp³-hybridized carbons (Fsp3) is 0.211. The van der Waals surface area contributed by atoms with Crippen molar-refractivity contribution in [2.75, 3.05) is 20.1 Å². The maximum absolute atomic E-state index is 12.8. The summed E-state index contributed by atoms with van der Waals surface area (Å²) in [6.45, 7) is 1.51. The summed E-state index contributed by atoms with van der Waals surface area (Å²) in [5.74, 6) is 0.197. The second-order valence-corrected chi connectivity index (χ2v) is 5.60. The van der Waals surface area contributed by atoms with Crippen molar-refractivity contribution in [3.8, 4) is 0 Å². The number of piperidine rings is 1.